The first-order valence-electron chi connectivity index (χ1n) is 8.15. The summed E-state index contributed by atoms with van der Waals surface area (Å²) in [5, 5.41) is 17.8. The lowest BCUT2D eigenvalue weighted by Crippen LogP contribution is -2.52. The summed E-state index contributed by atoms with van der Waals surface area (Å²) < 4.78 is 26.9. The van der Waals surface area contributed by atoms with E-state index in [0.717, 1.165) is 5.56 Å². The third kappa shape index (κ3) is 3.76. The molecule has 0 saturated carbocycles. The zero-order chi connectivity index (χ0) is 17.4. The summed E-state index contributed by atoms with van der Waals surface area (Å²) in [5.74, 6) is 0.0619. The Morgan fingerprint density at radius 2 is 1.88 bits per heavy atom. The summed E-state index contributed by atoms with van der Waals surface area (Å²) in [6, 6.07) is 7.11. The molecule has 3 rings (SSSR count). The topological polar surface area (TPSA) is 81.7 Å². The lowest BCUT2D eigenvalue weighted by molar-refractivity contribution is -0.00966. The summed E-state index contributed by atoms with van der Waals surface area (Å²) in [4.78, 5) is 0. The van der Waals surface area contributed by atoms with Crippen LogP contribution in [-0.2, 0) is 15.6 Å². The number of rotatable bonds is 4. The molecule has 8 heteroatoms. The third-order valence-corrected chi connectivity index (χ3v) is 7.39. The Balaban J connectivity index is 1.66. The van der Waals surface area contributed by atoms with Gasteiger partial charge in [0, 0.05) is 36.9 Å². The van der Waals surface area contributed by atoms with Crippen molar-refractivity contribution in [3.63, 3.8) is 0 Å². The molecule has 24 heavy (non-hydrogen) atoms. The second kappa shape index (κ2) is 6.55. The molecule has 0 bridgehead atoms. The predicted octanol–water partition coefficient (Wildman–Crippen LogP) is 0.862. The molecule has 1 atom stereocenters. The van der Waals surface area contributed by atoms with Crippen LogP contribution in [0.4, 0.5) is 0 Å². The number of benzene rings is 1. The number of piperidine rings is 1. The van der Waals surface area contributed by atoms with Crippen molar-refractivity contribution in [1.82, 2.24) is 14.9 Å². The highest BCUT2D eigenvalue weighted by molar-refractivity contribution is 7.89. The van der Waals surface area contributed by atoms with Crippen LogP contribution in [0.15, 0.2) is 24.3 Å². The summed E-state index contributed by atoms with van der Waals surface area (Å²) in [6.07, 6.45) is 0.770. The lowest BCUT2D eigenvalue weighted by Gasteiger charge is -2.39. The second-order valence-electron chi connectivity index (χ2n) is 7.03. The maximum Gasteiger partial charge on any atom is 0.215 e. The monoisotopic (exact) mass is 373 g/mol. The van der Waals surface area contributed by atoms with Crippen LogP contribution < -0.4 is 10.6 Å². The van der Waals surface area contributed by atoms with Gasteiger partial charge in [-0.15, -0.1) is 0 Å². The Bertz CT molecular complexity index is 679. The normalized spacial score (nSPS) is 28.1. The van der Waals surface area contributed by atoms with E-state index in [1.807, 2.05) is 19.1 Å². The fraction of sp³-hybridized carbons (Fsp3) is 0.625. The van der Waals surface area contributed by atoms with E-state index in [4.69, 9.17) is 11.6 Å². The Kier molecular flexibility index (Phi) is 4.94. The molecule has 0 amide bonds. The standard InChI is InChI=1S/C16H24ClN3O3S/c1-15(10-18-12-19-15)11-24(22,23)20-8-6-16(21,7-9-20)13-2-4-14(17)5-3-13/h2-5,18-19,21H,6-12H2,1H3/t15-/m0/s1. The number of aliphatic hydroxyl groups is 1. The summed E-state index contributed by atoms with van der Waals surface area (Å²) in [7, 11) is -3.37. The molecular formula is C16H24ClN3O3S. The van der Waals surface area contributed by atoms with Crippen LogP contribution in [0.3, 0.4) is 0 Å². The zero-order valence-electron chi connectivity index (χ0n) is 13.8. The number of sulfonamides is 1. The van der Waals surface area contributed by atoms with Gasteiger partial charge in [0.2, 0.25) is 10.0 Å². The summed E-state index contributed by atoms with van der Waals surface area (Å²) in [6.45, 7) is 3.83. The van der Waals surface area contributed by atoms with Crippen molar-refractivity contribution in [3.05, 3.63) is 34.9 Å². The molecule has 1 aromatic carbocycles. The predicted molar refractivity (Wildman–Crippen MR) is 94.4 cm³/mol. The van der Waals surface area contributed by atoms with Gasteiger partial charge < -0.3 is 10.4 Å². The van der Waals surface area contributed by atoms with Gasteiger partial charge in [0.1, 0.15) is 0 Å². The minimum Gasteiger partial charge on any atom is -0.385 e. The molecule has 2 saturated heterocycles. The number of halogens is 1. The summed E-state index contributed by atoms with van der Waals surface area (Å²) >= 11 is 5.89. The average Bonchev–Trinajstić information content (AvgIpc) is 2.93. The Morgan fingerprint density at radius 1 is 1.25 bits per heavy atom. The first-order valence-corrected chi connectivity index (χ1v) is 10.1. The van der Waals surface area contributed by atoms with E-state index < -0.39 is 21.2 Å². The van der Waals surface area contributed by atoms with Gasteiger partial charge in [-0.05, 0) is 37.5 Å². The van der Waals surface area contributed by atoms with Crippen molar-refractivity contribution in [1.29, 1.82) is 0 Å². The Labute approximate surface area is 148 Å². The molecule has 0 aromatic heterocycles. The minimum absolute atomic E-state index is 0.0619. The number of hydrogen-bond acceptors (Lipinski definition) is 5. The molecule has 0 unspecified atom stereocenters. The highest BCUT2D eigenvalue weighted by Crippen LogP contribution is 2.34. The molecule has 0 radical (unpaired) electrons. The van der Waals surface area contributed by atoms with Crippen LogP contribution in [0.2, 0.25) is 5.02 Å². The molecule has 2 fully saturated rings. The number of nitrogens with one attached hydrogen (secondary N) is 2. The SMILES string of the molecule is C[C@@]1(CS(=O)(=O)N2CCC(O)(c3ccc(Cl)cc3)CC2)CNCN1. The smallest absolute Gasteiger partial charge is 0.215 e. The average molecular weight is 374 g/mol. The van der Waals surface area contributed by atoms with E-state index in [9.17, 15) is 13.5 Å². The molecule has 0 spiro atoms. The van der Waals surface area contributed by atoms with Crippen LogP contribution in [0.25, 0.3) is 0 Å². The molecule has 134 valence electrons. The van der Waals surface area contributed by atoms with E-state index in [2.05, 4.69) is 10.6 Å². The van der Waals surface area contributed by atoms with Crippen LogP contribution in [-0.4, -0.2) is 55.4 Å². The number of hydrogen-bond donors (Lipinski definition) is 3. The molecule has 2 aliphatic rings. The molecule has 0 aliphatic carbocycles. The first-order chi connectivity index (χ1) is 11.2. The Hall–Kier alpha value is -0.700. The van der Waals surface area contributed by atoms with E-state index >= 15 is 0 Å². The second-order valence-corrected chi connectivity index (χ2v) is 9.44. The zero-order valence-corrected chi connectivity index (χ0v) is 15.3. The highest BCUT2D eigenvalue weighted by atomic mass is 35.5. The molecule has 2 heterocycles. The van der Waals surface area contributed by atoms with Crippen molar-refractivity contribution >= 4 is 21.6 Å². The van der Waals surface area contributed by atoms with Crippen molar-refractivity contribution < 1.29 is 13.5 Å². The van der Waals surface area contributed by atoms with Gasteiger partial charge in [0.15, 0.2) is 0 Å². The fourth-order valence-electron chi connectivity index (χ4n) is 3.46. The van der Waals surface area contributed by atoms with E-state index in [-0.39, 0.29) is 5.75 Å². The van der Waals surface area contributed by atoms with Gasteiger partial charge in [-0.2, -0.15) is 0 Å². The molecule has 2 aliphatic heterocycles. The molecular weight excluding hydrogens is 350 g/mol. The van der Waals surface area contributed by atoms with E-state index in [1.54, 1.807) is 12.1 Å². The fourth-order valence-corrected chi connectivity index (χ4v) is 5.51. The van der Waals surface area contributed by atoms with Crippen LogP contribution in [0, 0.1) is 0 Å². The van der Waals surface area contributed by atoms with Crippen molar-refractivity contribution in [2.45, 2.75) is 30.9 Å². The number of nitrogens with zero attached hydrogens (tertiary/aromatic N) is 1. The highest BCUT2D eigenvalue weighted by Gasteiger charge is 2.41. The Morgan fingerprint density at radius 3 is 2.42 bits per heavy atom. The van der Waals surface area contributed by atoms with Crippen molar-refractivity contribution in [2.24, 2.45) is 0 Å². The van der Waals surface area contributed by atoms with E-state index in [0.29, 0.717) is 44.2 Å². The van der Waals surface area contributed by atoms with Gasteiger partial charge in [0.25, 0.3) is 0 Å². The van der Waals surface area contributed by atoms with Crippen molar-refractivity contribution in [3.8, 4) is 0 Å². The largest absolute Gasteiger partial charge is 0.385 e. The van der Waals surface area contributed by atoms with Crippen molar-refractivity contribution in [2.75, 3.05) is 32.1 Å². The summed E-state index contributed by atoms with van der Waals surface area (Å²) in [5.41, 5.74) is -0.645. The molecule has 3 N–H and O–H groups in total. The lowest BCUT2D eigenvalue weighted by atomic mass is 9.85. The van der Waals surface area contributed by atoms with Gasteiger partial charge in [-0.1, -0.05) is 23.7 Å². The quantitative estimate of drug-likeness (QED) is 0.729. The van der Waals surface area contributed by atoms with Gasteiger partial charge in [0.05, 0.1) is 11.4 Å². The van der Waals surface area contributed by atoms with Gasteiger partial charge in [-0.3, -0.25) is 5.32 Å². The van der Waals surface area contributed by atoms with Crippen LogP contribution in [0.1, 0.15) is 25.3 Å². The van der Waals surface area contributed by atoms with Gasteiger partial charge >= 0.3 is 0 Å². The maximum absolute atomic E-state index is 12.7. The van der Waals surface area contributed by atoms with Crippen LogP contribution in [0.5, 0.6) is 0 Å². The third-order valence-electron chi connectivity index (χ3n) is 4.98. The minimum atomic E-state index is -3.37. The first kappa shape index (κ1) is 18.1. The molecule has 6 nitrogen and oxygen atoms in total. The maximum atomic E-state index is 12.7. The van der Waals surface area contributed by atoms with Crippen LogP contribution >= 0.6 is 11.6 Å². The molecule has 1 aromatic rings. The van der Waals surface area contributed by atoms with Gasteiger partial charge in [-0.25, -0.2) is 12.7 Å². The van der Waals surface area contributed by atoms with E-state index in [1.165, 1.54) is 4.31 Å².